The third-order valence-electron chi connectivity index (χ3n) is 3.46. The van der Waals surface area contributed by atoms with Crippen LogP contribution >= 0.6 is 0 Å². The molecule has 0 spiro atoms. The molecule has 0 atom stereocenters. The van der Waals surface area contributed by atoms with Crippen molar-refractivity contribution in [1.82, 2.24) is 0 Å². The fourth-order valence-electron chi connectivity index (χ4n) is 1.79. The van der Waals surface area contributed by atoms with Crippen LogP contribution in [-0.2, 0) is 15.6 Å². The van der Waals surface area contributed by atoms with Gasteiger partial charge in [-0.15, -0.1) is 0 Å². The molecule has 0 bridgehead atoms. The molecule has 6 heteroatoms. The number of nitrogens with one attached hydrogen (secondary N) is 1. The van der Waals surface area contributed by atoms with Gasteiger partial charge in [-0.05, 0) is 38.5 Å². The summed E-state index contributed by atoms with van der Waals surface area (Å²) in [6, 6.07) is 3.99. The van der Waals surface area contributed by atoms with Crippen molar-refractivity contribution in [3.63, 3.8) is 0 Å². The summed E-state index contributed by atoms with van der Waals surface area (Å²) in [5.41, 5.74) is 0.169. The normalized spacial score (nSPS) is 12.2. The number of rotatable bonds is 6. The Morgan fingerprint density at radius 3 is 2.50 bits per heavy atom. The molecule has 1 aromatic carbocycles. The van der Waals surface area contributed by atoms with E-state index in [1.54, 1.807) is 6.92 Å². The van der Waals surface area contributed by atoms with Crippen molar-refractivity contribution in [3.05, 3.63) is 29.6 Å². The van der Waals surface area contributed by atoms with Gasteiger partial charge in [-0.3, -0.25) is 0 Å². The van der Waals surface area contributed by atoms with E-state index in [-0.39, 0.29) is 11.3 Å². The van der Waals surface area contributed by atoms with Crippen LogP contribution in [0.3, 0.4) is 0 Å². The first kappa shape index (κ1) is 16.6. The third kappa shape index (κ3) is 3.17. The summed E-state index contributed by atoms with van der Waals surface area (Å²) in [5, 5.41) is 7.80. The van der Waals surface area contributed by atoms with Gasteiger partial charge in [0.25, 0.3) is 0 Å². The molecule has 0 heterocycles. The van der Waals surface area contributed by atoms with E-state index in [4.69, 9.17) is 10.1 Å². The number of hydrogen-bond acceptors (Lipinski definition) is 4. The van der Waals surface area contributed by atoms with Crippen LogP contribution in [0, 0.1) is 11.2 Å². The number of sulfone groups is 1. The zero-order valence-corrected chi connectivity index (χ0v) is 13.0. The zero-order chi connectivity index (χ0) is 15.6. The molecule has 0 aliphatic heterocycles. The lowest BCUT2D eigenvalue weighted by molar-refractivity contribution is 0.413. The molecule has 0 radical (unpaired) electrons. The van der Waals surface area contributed by atoms with E-state index in [1.165, 1.54) is 39.2 Å². The molecule has 0 aliphatic rings. The van der Waals surface area contributed by atoms with Crippen molar-refractivity contribution in [2.45, 2.75) is 37.7 Å². The lowest BCUT2D eigenvalue weighted by Crippen LogP contribution is -2.40. The summed E-state index contributed by atoms with van der Waals surface area (Å²) in [5.74, 6) is -0.640. The first-order valence-corrected chi connectivity index (χ1v) is 7.93. The third-order valence-corrected chi connectivity index (χ3v) is 5.95. The van der Waals surface area contributed by atoms with Crippen molar-refractivity contribution >= 4 is 15.5 Å². The predicted octanol–water partition coefficient (Wildman–Crippen LogP) is 2.96. The first-order valence-electron chi connectivity index (χ1n) is 6.28. The quantitative estimate of drug-likeness (QED) is 0.821. The number of methoxy groups -OCH3 is 1. The topological polar surface area (TPSA) is 67.2 Å². The maximum absolute atomic E-state index is 13.7. The Labute approximate surface area is 119 Å². The summed E-state index contributed by atoms with van der Waals surface area (Å²) < 4.78 is 42.3. The Bertz CT molecular complexity index is 609. The van der Waals surface area contributed by atoms with Gasteiger partial charge in [0.2, 0.25) is 0 Å². The number of ether oxygens (including phenoxy) is 1. The summed E-state index contributed by atoms with van der Waals surface area (Å²) in [6.45, 7) is 4.68. The van der Waals surface area contributed by atoms with Gasteiger partial charge in [0.15, 0.2) is 9.84 Å². The highest BCUT2D eigenvalue weighted by Gasteiger charge is 2.38. The molecule has 0 fully saturated rings. The van der Waals surface area contributed by atoms with Crippen LogP contribution in [0.15, 0.2) is 18.2 Å². The first-order chi connectivity index (χ1) is 9.15. The molecule has 0 aliphatic carbocycles. The number of hydrogen-bond donors (Lipinski definition) is 1. The number of halogens is 1. The highest BCUT2D eigenvalue weighted by molar-refractivity contribution is 7.92. The largest absolute Gasteiger partial charge is 0.497 e. The Morgan fingerprint density at radius 1 is 1.40 bits per heavy atom. The van der Waals surface area contributed by atoms with Gasteiger partial charge in [-0.1, -0.05) is 6.92 Å². The smallest absolute Gasteiger partial charge is 0.165 e. The molecule has 1 rings (SSSR count). The average Bonchev–Trinajstić information content (AvgIpc) is 2.39. The molecule has 20 heavy (non-hydrogen) atoms. The fourth-order valence-corrected chi connectivity index (χ4v) is 3.30. The molecule has 0 saturated heterocycles. The van der Waals surface area contributed by atoms with E-state index < -0.39 is 26.2 Å². The van der Waals surface area contributed by atoms with E-state index in [2.05, 4.69) is 0 Å². The maximum atomic E-state index is 13.7. The molecule has 0 amide bonds. The molecule has 0 unspecified atom stereocenters. The Balaban J connectivity index is 3.18. The summed E-state index contributed by atoms with van der Waals surface area (Å²) in [4.78, 5) is 0. The van der Waals surface area contributed by atoms with Crippen LogP contribution in [0.25, 0.3) is 0 Å². The van der Waals surface area contributed by atoms with Crippen LogP contribution in [0.2, 0.25) is 0 Å². The second-order valence-corrected chi connectivity index (χ2v) is 7.60. The van der Waals surface area contributed by atoms with Gasteiger partial charge in [0.1, 0.15) is 16.3 Å². The SMILES string of the molecule is CCC(=N)C(C)(C)S(=O)(=O)Cc1cc(OC)ccc1F. The van der Waals surface area contributed by atoms with E-state index in [9.17, 15) is 12.8 Å². The van der Waals surface area contributed by atoms with Gasteiger partial charge in [0.05, 0.1) is 12.9 Å². The highest BCUT2D eigenvalue weighted by atomic mass is 32.2. The molecular weight excluding hydrogens is 281 g/mol. The van der Waals surface area contributed by atoms with Gasteiger partial charge < -0.3 is 10.1 Å². The van der Waals surface area contributed by atoms with Gasteiger partial charge in [-0.2, -0.15) is 0 Å². The minimum atomic E-state index is -3.69. The molecule has 1 aromatic rings. The minimum absolute atomic E-state index is 0.0568. The zero-order valence-electron chi connectivity index (χ0n) is 12.2. The predicted molar refractivity (Wildman–Crippen MR) is 77.7 cm³/mol. The lowest BCUT2D eigenvalue weighted by Gasteiger charge is -2.25. The summed E-state index contributed by atoms with van der Waals surface area (Å²) in [6.07, 6.45) is 0.340. The van der Waals surface area contributed by atoms with Crippen LogP contribution in [0.5, 0.6) is 5.75 Å². The molecule has 0 saturated carbocycles. The van der Waals surface area contributed by atoms with Crippen molar-refractivity contribution in [2.24, 2.45) is 0 Å². The Kier molecular flexibility index (Phi) is 4.91. The van der Waals surface area contributed by atoms with Gasteiger partial charge in [0, 0.05) is 11.3 Å². The van der Waals surface area contributed by atoms with Crippen molar-refractivity contribution < 1.29 is 17.5 Å². The standard InChI is InChI=1S/C14H20FNO3S/c1-5-13(16)14(2,3)20(17,18)9-10-8-11(19-4)6-7-12(10)15/h6-8,16H,5,9H2,1-4H3. The fraction of sp³-hybridized carbons (Fsp3) is 0.500. The van der Waals surface area contributed by atoms with Crippen LogP contribution in [-0.4, -0.2) is 26.0 Å². The van der Waals surface area contributed by atoms with Crippen LogP contribution in [0.1, 0.15) is 32.8 Å². The molecule has 0 aromatic heterocycles. The second kappa shape index (κ2) is 5.91. The van der Waals surface area contributed by atoms with E-state index in [1.807, 2.05) is 0 Å². The van der Waals surface area contributed by atoms with Gasteiger partial charge in [-0.25, -0.2) is 12.8 Å². The van der Waals surface area contributed by atoms with E-state index >= 15 is 0 Å². The lowest BCUT2D eigenvalue weighted by atomic mass is 10.1. The average molecular weight is 301 g/mol. The maximum Gasteiger partial charge on any atom is 0.165 e. The molecule has 1 N–H and O–H groups in total. The number of benzene rings is 1. The van der Waals surface area contributed by atoms with Crippen molar-refractivity contribution in [1.29, 1.82) is 5.41 Å². The minimum Gasteiger partial charge on any atom is -0.497 e. The van der Waals surface area contributed by atoms with Crippen LogP contribution in [0.4, 0.5) is 4.39 Å². The molecular formula is C14H20FNO3S. The Hall–Kier alpha value is -1.43. The van der Waals surface area contributed by atoms with Gasteiger partial charge >= 0.3 is 0 Å². The van der Waals surface area contributed by atoms with Crippen LogP contribution < -0.4 is 4.74 Å². The van der Waals surface area contributed by atoms with Crippen molar-refractivity contribution in [3.8, 4) is 5.75 Å². The highest BCUT2D eigenvalue weighted by Crippen LogP contribution is 2.26. The van der Waals surface area contributed by atoms with Crippen molar-refractivity contribution in [2.75, 3.05) is 7.11 Å². The van der Waals surface area contributed by atoms with E-state index in [0.29, 0.717) is 12.2 Å². The monoisotopic (exact) mass is 301 g/mol. The molecule has 112 valence electrons. The second-order valence-electron chi connectivity index (χ2n) is 5.06. The summed E-state index contributed by atoms with van der Waals surface area (Å²) >= 11 is 0. The van der Waals surface area contributed by atoms with E-state index in [0.717, 1.165) is 0 Å². The Morgan fingerprint density at radius 2 is 2.00 bits per heavy atom. The summed E-state index contributed by atoms with van der Waals surface area (Å²) in [7, 11) is -2.26. The molecule has 4 nitrogen and oxygen atoms in total.